The van der Waals surface area contributed by atoms with Crippen molar-refractivity contribution in [1.29, 1.82) is 0 Å². The van der Waals surface area contributed by atoms with E-state index in [-0.39, 0.29) is 12.0 Å². The number of ether oxygens (including phenoxy) is 1. The van der Waals surface area contributed by atoms with E-state index in [2.05, 4.69) is 5.32 Å². The molecule has 1 aliphatic heterocycles. The monoisotopic (exact) mass is 319 g/mol. The van der Waals surface area contributed by atoms with Crippen LogP contribution in [0.1, 0.15) is 18.4 Å². The molecule has 0 unspecified atom stereocenters. The second-order valence-electron chi connectivity index (χ2n) is 4.55. The number of carbonyl (C=O) groups is 2. The number of rotatable bonds is 3. The van der Waals surface area contributed by atoms with E-state index in [4.69, 9.17) is 14.6 Å². The van der Waals surface area contributed by atoms with Crippen LogP contribution in [0.2, 0.25) is 0 Å². The molecule has 122 valence electrons. The average Bonchev–Trinajstić information content (AvgIpc) is 3.00. The molecule has 1 aromatic rings. The molecule has 1 aliphatic rings. The molecule has 0 aromatic heterocycles. The Balaban J connectivity index is 0.000000295. The van der Waals surface area contributed by atoms with Gasteiger partial charge in [-0.1, -0.05) is 30.3 Å². The van der Waals surface area contributed by atoms with E-state index in [0.29, 0.717) is 6.61 Å². The number of hydrogen-bond donors (Lipinski definition) is 2. The maximum absolute atomic E-state index is 11.5. The van der Waals surface area contributed by atoms with Gasteiger partial charge in [-0.25, -0.2) is 4.79 Å². The van der Waals surface area contributed by atoms with Crippen molar-refractivity contribution in [1.82, 2.24) is 5.32 Å². The summed E-state index contributed by atoms with van der Waals surface area (Å²) in [5.74, 6) is -2.89. The largest absolute Gasteiger partial charge is 0.490 e. The number of aliphatic carboxylic acids is 1. The van der Waals surface area contributed by atoms with Crippen molar-refractivity contribution in [2.24, 2.45) is 0 Å². The molecule has 8 heteroatoms. The summed E-state index contributed by atoms with van der Waals surface area (Å²) in [5, 5.41) is 10.2. The summed E-state index contributed by atoms with van der Waals surface area (Å²) in [6.07, 6.45) is -3.13. The first-order valence-electron chi connectivity index (χ1n) is 6.54. The zero-order valence-corrected chi connectivity index (χ0v) is 11.6. The topological polar surface area (TPSA) is 75.6 Å². The van der Waals surface area contributed by atoms with Gasteiger partial charge < -0.3 is 15.2 Å². The van der Waals surface area contributed by atoms with E-state index in [1.54, 1.807) is 0 Å². The normalized spacial score (nSPS) is 17.3. The van der Waals surface area contributed by atoms with Crippen molar-refractivity contribution in [2.75, 3.05) is 6.54 Å². The van der Waals surface area contributed by atoms with Gasteiger partial charge in [0.05, 0.1) is 0 Å². The third kappa shape index (κ3) is 6.57. The van der Waals surface area contributed by atoms with Gasteiger partial charge in [0.2, 0.25) is 0 Å². The van der Waals surface area contributed by atoms with E-state index in [1.165, 1.54) is 0 Å². The summed E-state index contributed by atoms with van der Waals surface area (Å²) < 4.78 is 36.9. The summed E-state index contributed by atoms with van der Waals surface area (Å²) in [6.45, 7) is 1.29. The summed E-state index contributed by atoms with van der Waals surface area (Å²) >= 11 is 0. The van der Waals surface area contributed by atoms with Crippen LogP contribution in [0.3, 0.4) is 0 Å². The van der Waals surface area contributed by atoms with Crippen molar-refractivity contribution in [3.8, 4) is 0 Å². The average molecular weight is 319 g/mol. The molecule has 2 N–H and O–H groups in total. The predicted molar refractivity (Wildman–Crippen MR) is 71.0 cm³/mol. The van der Waals surface area contributed by atoms with Gasteiger partial charge in [0.1, 0.15) is 12.6 Å². The molecule has 1 atom stereocenters. The van der Waals surface area contributed by atoms with Gasteiger partial charge in [-0.2, -0.15) is 13.2 Å². The van der Waals surface area contributed by atoms with Crippen molar-refractivity contribution in [3.05, 3.63) is 35.9 Å². The summed E-state index contributed by atoms with van der Waals surface area (Å²) in [4.78, 5) is 20.4. The Morgan fingerprint density at radius 3 is 2.32 bits per heavy atom. The van der Waals surface area contributed by atoms with Gasteiger partial charge in [0.15, 0.2) is 0 Å². The number of carboxylic acid groups (broad SMARTS) is 1. The molecule has 0 radical (unpaired) electrons. The van der Waals surface area contributed by atoms with Gasteiger partial charge in [0.25, 0.3) is 0 Å². The van der Waals surface area contributed by atoms with Gasteiger partial charge in [0, 0.05) is 0 Å². The fraction of sp³-hybridized carbons (Fsp3) is 0.429. The molecule has 5 nitrogen and oxygen atoms in total. The molecule has 0 bridgehead atoms. The number of benzene rings is 1. The minimum absolute atomic E-state index is 0.0892. The van der Waals surface area contributed by atoms with Gasteiger partial charge >= 0.3 is 18.1 Å². The minimum Gasteiger partial charge on any atom is -0.475 e. The number of carbonyl (C=O) groups excluding carboxylic acids is 1. The number of esters is 1. The van der Waals surface area contributed by atoms with Crippen LogP contribution < -0.4 is 5.32 Å². The van der Waals surface area contributed by atoms with Crippen LogP contribution >= 0.6 is 0 Å². The smallest absolute Gasteiger partial charge is 0.475 e. The van der Waals surface area contributed by atoms with Crippen molar-refractivity contribution < 1.29 is 32.6 Å². The number of halogens is 3. The molecule has 22 heavy (non-hydrogen) atoms. The van der Waals surface area contributed by atoms with Crippen LogP contribution in [0.5, 0.6) is 0 Å². The van der Waals surface area contributed by atoms with Crippen molar-refractivity contribution in [2.45, 2.75) is 31.7 Å². The lowest BCUT2D eigenvalue weighted by Gasteiger charge is -2.09. The lowest BCUT2D eigenvalue weighted by Crippen LogP contribution is -2.32. The van der Waals surface area contributed by atoms with E-state index >= 15 is 0 Å². The Morgan fingerprint density at radius 1 is 1.27 bits per heavy atom. The third-order valence-electron chi connectivity index (χ3n) is 2.81. The molecule has 1 aromatic carbocycles. The first kappa shape index (κ1) is 18.0. The summed E-state index contributed by atoms with van der Waals surface area (Å²) in [7, 11) is 0. The van der Waals surface area contributed by atoms with Crippen LogP contribution in [-0.4, -0.2) is 35.8 Å². The molecule has 1 saturated heterocycles. The molecule has 2 rings (SSSR count). The molecular weight excluding hydrogens is 303 g/mol. The van der Waals surface area contributed by atoms with E-state index in [1.807, 2.05) is 30.3 Å². The molecule has 1 fully saturated rings. The Bertz CT molecular complexity index is 485. The lowest BCUT2D eigenvalue weighted by atomic mass is 10.2. The SMILES string of the molecule is O=C(O)C(F)(F)F.O=C(OCc1ccccc1)[C@@H]1CCCN1. The van der Waals surface area contributed by atoms with E-state index in [0.717, 1.165) is 24.9 Å². The zero-order valence-electron chi connectivity index (χ0n) is 11.6. The zero-order chi connectivity index (χ0) is 16.6. The second kappa shape index (κ2) is 8.38. The molecule has 0 spiro atoms. The van der Waals surface area contributed by atoms with Crippen LogP contribution in [0.25, 0.3) is 0 Å². The fourth-order valence-corrected chi connectivity index (χ4v) is 1.72. The molecule has 0 amide bonds. The predicted octanol–water partition coefficient (Wildman–Crippen LogP) is 2.12. The fourth-order valence-electron chi connectivity index (χ4n) is 1.72. The lowest BCUT2D eigenvalue weighted by molar-refractivity contribution is -0.192. The Kier molecular flexibility index (Phi) is 6.84. The second-order valence-corrected chi connectivity index (χ2v) is 4.55. The van der Waals surface area contributed by atoms with E-state index in [9.17, 15) is 18.0 Å². The Morgan fingerprint density at radius 2 is 1.86 bits per heavy atom. The molecule has 0 saturated carbocycles. The van der Waals surface area contributed by atoms with E-state index < -0.39 is 12.1 Å². The van der Waals surface area contributed by atoms with Gasteiger partial charge in [-0.15, -0.1) is 0 Å². The highest BCUT2D eigenvalue weighted by Crippen LogP contribution is 2.13. The third-order valence-corrected chi connectivity index (χ3v) is 2.81. The maximum atomic E-state index is 11.5. The number of carboxylic acids is 1. The van der Waals surface area contributed by atoms with Crippen molar-refractivity contribution in [3.63, 3.8) is 0 Å². The van der Waals surface area contributed by atoms with Crippen LogP contribution in [0, 0.1) is 0 Å². The van der Waals surface area contributed by atoms with Crippen LogP contribution in [0.15, 0.2) is 30.3 Å². The highest BCUT2D eigenvalue weighted by atomic mass is 19.4. The molecule has 1 heterocycles. The molecule has 0 aliphatic carbocycles. The minimum atomic E-state index is -5.08. The first-order chi connectivity index (χ1) is 10.3. The van der Waals surface area contributed by atoms with Crippen molar-refractivity contribution >= 4 is 11.9 Å². The maximum Gasteiger partial charge on any atom is 0.490 e. The van der Waals surface area contributed by atoms with Gasteiger partial charge in [-0.05, 0) is 24.9 Å². The molecular formula is C14H16F3NO4. The summed E-state index contributed by atoms with van der Waals surface area (Å²) in [6, 6.07) is 9.65. The Labute approximate surface area is 125 Å². The number of alkyl halides is 3. The quantitative estimate of drug-likeness (QED) is 0.835. The highest BCUT2D eigenvalue weighted by molar-refractivity contribution is 5.76. The van der Waals surface area contributed by atoms with Crippen LogP contribution in [-0.2, 0) is 20.9 Å². The number of hydrogen-bond acceptors (Lipinski definition) is 4. The highest BCUT2D eigenvalue weighted by Gasteiger charge is 2.38. The van der Waals surface area contributed by atoms with Gasteiger partial charge in [-0.3, -0.25) is 4.79 Å². The first-order valence-corrected chi connectivity index (χ1v) is 6.54. The standard InChI is InChI=1S/C12H15NO2.C2HF3O2/c14-12(11-7-4-8-13-11)15-9-10-5-2-1-3-6-10;3-2(4,5)1(6)7/h1-3,5-6,11,13H,4,7-9H2;(H,6,7)/t11-;/m0./s1. The number of nitrogens with one attached hydrogen (secondary N) is 1. The summed E-state index contributed by atoms with van der Waals surface area (Å²) in [5.41, 5.74) is 1.03. The van der Waals surface area contributed by atoms with Crippen LogP contribution in [0.4, 0.5) is 13.2 Å². The Hall–Kier alpha value is -2.09.